The minimum Gasteiger partial charge on any atom is -0.456 e. The summed E-state index contributed by atoms with van der Waals surface area (Å²) in [6, 6.07) is 42.0. The maximum atomic E-state index is 6.15. The summed E-state index contributed by atoms with van der Waals surface area (Å²) in [4.78, 5) is 10.2. The standard InChI is InChI=1S/C34H20N2O/c1-2-9-22(10-3-1)33-32-26-11-5-4-8-21(26)16-17-29(32)35-34(36-33)24-15-14-23-19-28-27-12-6-7-13-30(27)37-31(28)20-25(23)18-24/h1-20H. The molecule has 2 aromatic heterocycles. The van der Waals surface area contributed by atoms with Crippen LogP contribution < -0.4 is 0 Å². The Kier molecular flexibility index (Phi) is 4.23. The highest BCUT2D eigenvalue weighted by Gasteiger charge is 2.15. The maximum Gasteiger partial charge on any atom is 0.160 e. The first-order chi connectivity index (χ1) is 18.3. The lowest BCUT2D eigenvalue weighted by atomic mass is 9.99. The Morgan fingerprint density at radius 2 is 1.24 bits per heavy atom. The fraction of sp³-hybridized carbons (Fsp3) is 0. The van der Waals surface area contributed by atoms with Gasteiger partial charge in [-0.05, 0) is 51.9 Å². The van der Waals surface area contributed by atoms with Crippen LogP contribution in [-0.4, -0.2) is 9.97 Å². The normalized spacial score (nSPS) is 11.8. The molecule has 3 heteroatoms. The molecule has 0 saturated heterocycles. The number of benzene rings is 6. The lowest BCUT2D eigenvalue weighted by molar-refractivity contribution is 0.669. The predicted octanol–water partition coefficient (Wildman–Crippen LogP) is 9.17. The fourth-order valence-corrected chi connectivity index (χ4v) is 5.44. The molecule has 172 valence electrons. The third-order valence-electron chi connectivity index (χ3n) is 7.23. The quantitative estimate of drug-likeness (QED) is 0.235. The Morgan fingerprint density at radius 3 is 2.16 bits per heavy atom. The SMILES string of the molecule is c1ccc(-c2nc(-c3ccc4cc5c(cc4c3)oc3ccccc35)nc3ccc4ccccc4c23)cc1. The van der Waals surface area contributed by atoms with Crippen LogP contribution in [0.1, 0.15) is 0 Å². The molecule has 0 radical (unpaired) electrons. The summed E-state index contributed by atoms with van der Waals surface area (Å²) < 4.78 is 6.15. The summed E-state index contributed by atoms with van der Waals surface area (Å²) in [6.45, 7) is 0. The van der Waals surface area contributed by atoms with Crippen molar-refractivity contribution >= 4 is 54.4 Å². The van der Waals surface area contributed by atoms with Gasteiger partial charge in [-0.3, -0.25) is 0 Å². The van der Waals surface area contributed by atoms with Crippen LogP contribution in [0.3, 0.4) is 0 Å². The third-order valence-corrected chi connectivity index (χ3v) is 7.23. The summed E-state index contributed by atoms with van der Waals surface area (Å²) in [7, 11) is 0. The number of nitrogens with zero attached hydrogens (tertiary/aromatic N) is 2. The van der Waals surface area contributed by atoms with Crippen molar-refractivity contribution in [1.29, 1.82) is 0 Å². The van der Waals surface area contributed by atoms with Crippen molar-refractivity contribution in [2.75, 3.05) is 0 Å². The molecule has 0 saturated carbocycles. The van der Waals surface area contributed by atoms with Crippen LogP contribution in [0, 0.1) is 0 Å². The summed E-state index contributed by atoms with van der Waals surface area (Å²) in [6.07, 6.45) is 0. The molecule has 0 aliphatic rings. The molecule has 3 nitrogen and oxygen atoms in total. The Bertz CT molecular complexity index is 2140. The first-order valence-electron chi connectivity index (χ1n) is 12.4. The average molecular weight is 473 g/mol. The van der Waals surface area contributed by atoms with Crippen LogP contribution in [0.4, 0.5) is 0 Å². The van der Waals surface area contributed by atoms with E-state index in [4.69, 9.17) is 14.4 Å². The van der Waals surface area contributed by atoms with Crippen molar-refractivity contribution in [2.45, 2.75) is 0 Å². The van der Waals surface area contributed by atoms with Gasteiger partial charge in [-0.1, -0.05) is 91.0 Å². The van der Waals surface area contributed by atoms with Gasteiger partial charge in [0.05, 0.1) is 11.2 Å². The number of rotatable bonds is 2. The minimum absolute atomic E-state index is 0.716. The zero-order valence-electron chi connectivity index (χ0n) is 19.8. The lowest BCUT2D eigenvalue weighted by Crippen LogP contribution is -1.96. The van der Waals surface area contributed by atoms with Crippen molar-refractivity contribution < 1.29 is 4.42 Å². The molecule has 6 aromatic carbocycles. The molecule has 0 fully saturated rings. The summed E-state index contributed by atoms with van der Waals surface area (Å²) >= 11 is 0. The number of aromatic nitrogens is 2. The van der Waals surface area contributed by atoms with Crippen molar-refractivity contribution in [3.8, 4) is 22.6 Å². The first kappa shape index (κ1) is 20.2. The van der Waals surface area contributed by atoms with Crippen molar-refractivity contribution in [2.24, 2.45) is 0 Å². The zero-order valence-corrected chi connectivity index (χ0v) is 19.8. The largest absolute Gasteiger partial charge is 0.456 e. The van der Waals surface area contributed by atoms with Crippen molar-refractivity contribution in [1.82, 2.24) is 9.97 Å². The topological polar surface area (TPSA) is 38.9 Å². The van der Waals surface area contributed by atoms with E-state index >= 15 is 0 Å². The van der Waals surface area contributed by atoms with Gasteiger partial charge in [-0.2, -0.15) is 0 Å². The van der Waals surface area contributed by atoms with Gasteiger partial charge in [-0.15, -0.1) is 0 Å². The van der Waals surface area contributed by atoms with Crippen LogP contribution in [0.5, 0.6) is 0 Å². The molecule has 2 heterocycles. The van der Waals surface area contributed by atoms with E-state index in [1.807, 2.05) is 18.2 Å². The van der Waals surface area contributed by atoms with Crippen LogP contribution in [0.2, 0.25) is 0 Å². The Balaban J connectivity index is 1.38. The molecule has 0 unspecified atom stereocenters. The van der Waals surface area contributed by atoms with Crippen LogP contribution >= 0.6 is 0 Å². The van der Waals surface area contributed by atoms with E-state index in [1.54, 1.807) is 0 Å². The molecule has 37 heavy (non-hydrogen) atoms. The number of furan rings is 1. The van der Waals surface area contributed by atoms with E-state index in [0.29, 0.717) is 5.82 Å². The number of fused-ring (bicyclic) bond motifs is 7. The second-order valence-corrected chi connectivity index (χ2v) is 9.45. The van der Waals surface area contributed by atoms with Gasteiger partial charge in [0.15, 0.2) is 5.82 Å². The Morgan fingerprint density at radius 1 is 0.459 bits per heavy atom. The molecule has 0 aliphatic carbocycles. The monoisotopic (exact) mass is 472 g/mol. The van der Waals surface area contributed by atoms with Crippen LogP contribution in [0.15, 0.2) is 126 Å². The summed E-state index contributed by atoms with van der Waals surface area (Å²) in [5, 5.41) is 7.97. The van der Waals surface area contributed by atoms with Crippen LogP contribution in [-0.2, 0) is 0 Å². The lowest BCUT2D eigenvalue weighted by Gasteiger charge is -2.12. The first-order valence-corrected chi connectivity index (χ1v) is 12.4. The molecule has 0 spiro atoms. The smallest absolute Gasteiger partial charge is 0.160 e. The molecule has 0 aliphatic heterocycles. The number of hydrogen-bond acceptors (Lipinski definition) is 3. The van der Waals surface area contributed by atoms with Gasteiger partial charge in [0.1, 0.15) is 11.2 Å². The molecule has 0 atom stereocenters. The average Bonchev–Trinajstić information content (AvgIpc) is 3.32. The van der Waals surface area contributed by atoms with E-state index in [2.05, 4.69) is 103 Å². The van der Waals surface area contributed by atoms with E-state index < -0.39 is 0 Å². The Labute approximate surface area is 212 Å². The number of para-hydroxylation sites is 1. The highest BCUT2D eigenvalue weighted by Crippen LogP contribution is 2.36. The zero-order chi connectivity index (χ0) is 24.3. The Hall–Kier alpha value is -5.02. The second-order valence-electron chi connectivity index (χ2n) is 9.45. The highest BCUT2D eigenvalue weighted by atomic mass is 16.3. The molecule has 0 amide bonds. The van der Waals surface area contributed by atoms with E-state index in [-0.39, 0.29) is 0 Å². The predicted molar refractivity (Wildman–Crippen MR) is 153 cm³/mol. The number of hydrogen-bond donors (Lipinski definition) is 0. The molecule has 0 bridgehead atoms. The van der Waals surface area contributed by atoms with Gasteiger partial charge in [0.25, 0.3) is 0 Å². The van der Waals surface area contributed by atoms with Gasteiger partial charge in [0.2, 0.25) is 0 Å². The summed E-state index contributed by atoms with van der Waals surface area (Å²) in [5.74, 6) is 0.716. The molecular weight excluding hydrogens is 452 g/mol. The van der Waals surface area contributed by atoms with E-state index in [0.717, 1.165) is 65.8 Å². The fourth-order valence-electron chi connectivity index (χ4n) is 5.44. The van der Waals surface area contributed by atoms with Gasteiger partial charge in [-0.25, -0.2) is 9.97 Å². The minimum atomic E-state index is 0.716. The molecule has 8 aromatic rings. The van der Waals surface area contributed by atoms with E-state index in [9.17, 15) is 0 Å². The highest BCUT2D eigenvalue weighted by molar-refractivity contribution is 6.13. The van der Waals surface area contributed by atoms with Crippen molar-refractivity contribution in [3.63, 3.8) is 0 Å². The molecular formula is C34H20N2O. The van der Waals surface area contributed by atoms with Gasteiger partial charge in [0, 0.05) is 27.3 Å². The second kappa shape index (κ2) is 7.74. The molecule has 0 N–H and O–H groups in total. The van der Waals surface area contributed by atoms with Crippen molar-refractivity contribution in [3.05, 3.63) is 121 Å². The maximum absolute atomic E-state index is 6.15. The van der Waals surface area contributed by atoms with Gasteiger partial charge < -0.3 is 4.42 Å². The van der Waals surface area contributed by atoms with Gasteiger partial charge >= 0.3 is 0 Å². The third kappa shape index (κ3) is 3.14. The summed E-state index contributed by atoms with van der Waals surface area (Å²) in [5.41, 5.74) is 5.75. The molecule has 8 rings (SSSR count). The van der Waals surface area contributed by atoms with E-state index in [1.165, 1.54) is 5.39 Å². The van der Waals surface area contributed by atoms with Crippen LogP contribution in [0.25, 0.3) is 77.0 Å².